The number of halogens is 2. The van der Waals surface area contributed by atoms with Gasteiger partial charge >= 0.3 is 0 Å². The van der Waals surface area contributed by atoms with Crippen molar-refractivity contribution in [3.05, 3.63) is 41.9 Å². The fraction of sp³-hybridized carbons (Fsp3) is 0.524. The molecule has 1 N–H and O–H groups in total. The van der Waals surface area contributed by atoms with Crippen molar-refractivity contribution < 1.29 is 9.21 Å². The summed E-state index contributed by atoms with van der Waals surface area (Å²) in [4.78, 5) is 19.1. The molecule has 1 amide bonds. The number of amides is 1. The Balaban J connectivity index is 0.00000140. The van der Waals surface area contributed by atoms with Crippen LogP contribution in [-0.4, -0.2) is 42.0 Å². The zero-order chi connectivity index (χ0) is 18.0. The Morgan fingerprint density at radius 1 is 1.18 bits per heavy atom. The van der Waals surface area contributed by atoms with E-state index in [2.05, 4.69) is 10.3 Å². The van der Waals surface area contributed by atoms with E-state index in [9.17, 15) is 4.79 Å². The van der Waals surface area contributed by atoms with Gasteiger partial charge in [-0.3, -0.25) is 4.79 Å². The van der Waals surface area contributed by atoms with Gasteiger partial charge in [-0.05, 0) is 38.1 Å². The first-order valence-electron chi connectivity index (χ1n) is 9.65. The third-order valence-corrected chi connectivity index (χ3v) is 5.94. The summed E-state index contributed by atoms with van der Waals surface area (Å²) in [6, 6.07) is 10.00. The second kappa shape index (κ2) is 9.77. The number of nitrogens with one attached hydrogen (secondary N) is 1. The Bertz CT molecular complexity index is 763. The molecule has 7 heteroatoms. The van der Waals surface area contributed by atoms with Crippen LogP contribution >= 0.6 is 24.8 Å². The second-order valence-electron chi connectivity index (χ2n) is 7.70. The molecule has 4 rings (SSSR count). The van der Waals surface area contributed by atoms with Gasteiger partial charge in [-0.1, -0.05) is 30.3 Å². The first-order chi connectivity index (χ1) is 12.7. The van der Waals surface area contributed by atoms with Crippen LogP contribution in [0.4, 0.5) is 0 Å². The van der Waals surface area contributed by atoms with Crippen LogP contribution in [0.3, 0.4) is 0 Å². The van der Waals surface area contributed by atoms with Crippen LogP contribution in [0.15, 0.2) is 34.7 Å². The minimum Gasteiger partial charge on any atom is -0.440 e. The molecule has 0 saturated carbocycles. The highest BCUT2D eigenvalue weighted by atomic mass is 35.5. The predicted octanol–water partition coefficient (Wildman–Crippen LogP) is 4.03. The zero-order valence-corrected chi connectivity index (χ0v) is 17.9. The number of aryl methyl sites for hydroxylation is 2. The molecule has 0 radical (unpaired) electrons. The highest BCUT2D eigenvalue weighted by Gasteiger charge is 2.37. The number of rotatable bonds is 4. The number of aromatic nitrogens is 1. The number of oxazole rings is 1. The lowest BCUT2D eigenvalue weighted by Gasteiger charge is -2.38. The Morgan fingerprint density at radius 3 is 2.54 bits per heavy atom. The number of benzene rings is 1. The molecule has 5 nitrogen and oxygen atoms in total. The van der Waals surface area contributed by atoms with Gasteiger partial charge < -0.3 is 14.6 Å². The van der Waals surface area contributed by atoms with E-state index in [1.54, 1.807) is 0 Å². The summed E-state index contributed by atoms with van der Waals surface area (Å²) in [6.45, 7) is 5.98. The molecule has 2 aliphatic heterocycles. The van der Waals surface area contributed by atoms with E-state index in [-0.39, 0.29) is 30.7 Å². The first-order valence-corrected chi connectivity index (χ1v) is 9.65. The zero-order valence-electron chi connectivity index (χ0n) is 16.3. The van der Waals surface area contributed by atoms with Crippen molar-refractivity contribution in [2.24, 2.45) is 5.41 Å². The van der Waals surface area contributed by atoms with Gasteiger partial charge in [0.05, 0.1) is 5.69 Å². The average Bonchev–Trinajstić information content (AvgIpc) is 3.28. The van der Waals surface area contributed by atoms with Crippen molar-refractivity contribution in [3.63, 3.8) is 0 Å². The predicted molar refractivity (Wildman–Crippen MR) is 115 cm³/mol. The van der Waals surface area contributed by atoms with Gasteiger partial charge in [-0.25, -0.2) is 4.98 Å². The number of hydrogen-bond acceptors (Lipinski definition) is 4. The smallest absolute Gasteiger partial charge is 0.223 e. The third-order valence-electron chi connectivity index (χ3n) is 5.94. The lowest BCUT2D eigenvalue weighted by Crippen LogP contribution is -2.44. The first kappa shape index (κ1) is 22.7. The van der Waals surface area contributed by atoms with Crippen molar-refractivity contribution in [3.8, 4) is 11.3 Å². The third kappa shape index (κ3) is 4.88. The quantitative estimate of drug-likeness (QED) is 0.802. The maximum Gasteiger partial charge on any atom is 0.223 e. The standard InChI is InChI=1S/C21H27N3O2.2ClH/c1-16-20(17-5-3-2-4-6-17)26-18(23-16)7-8-19(25)24-13-10-21(11-14-24)9-12-22-15-21;;/h2-6,22H,7-15H2,1H3;2*1H. The molecule has 2 saturated heterocycles. The Morgan fingerprint density at radius 2 is 1.89 bits per heavy atom. The molecule has 2 fully saturated rings. The number of carbonyl (C=O) groups is 1. The Hall–Kier alpha value is -1.56. The minimum atomic E-state index is 0. The van der Waals surface area contributed by atoms with Gasteiger partial charge in [0.2, 0.25) is 5.91 Å². The number of nitrogens with zero attached hydrogens (tertiary/aromatic N) is 2. The van der Waals surface area contributed by atoms with Crippen LogP contribution < -0.4 is 5.32 Å². The summed E-state index contributed by atoms with van der Waals surface area (Å²) in [5.41, 5.74) is 2.36. The van der Waals surface area contributed by atoms with Crippen LogP contribution in [0.5, 0.6) is 0 Å². The van der Waals surface area contributed by atoms with Crippen molar-refractivity contribution in [1.29, 1.82) is 0 Å². The van der Waals surface area contributed by atoms with E-state index >= 15 is 0 Å². The molecular weight excluding hydrogens is 397 g/mol. The summed E-state index contributed by atoms with van der Waals surface area (Å²) in [7, 11) is 0. The van der Waals surface area contributed by atoms with Gasteiger partial charge in [0.25, 0.3) is 0 Å². The lowest BCUT2D eigenvalue weighted by molar-refractivity contribution is -0.133. The number of likely N-dealkylation sites (tertiary alicyclic amines) is 1. The normalized spacial score (nSPS) is 17.8. The average molecular weight is 426 g/mol. The molecule has 2 aromatic rings. The van der Waals surface area contributed by atoms with E-state index in [4.69, 9.17) is 4.42 Å². The largest absolute Gasteiger partial charge is 0.440 e. The monoisotopic (exact) mass is 425 g/mol. The molecule has 1 aromatic heterocycles. The Labute approximate surface area is 179 Å². The van der Waals surface area contributed by atoms with E-state index in [0.29, 0.717) is 24.1 Å². The van der Waals surface area contributed by atoms with Gasteiger partial charge in [-0.2, -0.15) is 0 Å². The molecule has 0 unspecified atom stereocenters. The summed E-state index contributed by atoms with van der Waals surface area (Å²) in [5.74, 6) is 1.69. The molecule has 2 aliphatic rings. The lowest BCUT2D eigenvalue weighted by atomic mass is 9.78. The summed E-state index contributed by atoms with van der Waals surface area (Å²) in [5, 5.41) is 3.47. The fourth-order valence-electron chi connectivity index (χ4n) is 4.24. The molecule has 28 heavy (non-hydrogen) atoms. The highest BCUT2D eigenvalue weighted by Crippen LogP contribution is 2.37. The van der Waals surface area contributed by atoms with Gasteiger partial charge in [0, 0.05) is 38.0 Å². The van der Waals surface area contributed by atoms with E-state index in [1.807, 2.05) is 42.2 Å². The topological polar surface area (TPSA) is 58.4 Å². The molecular formula is C21H29Cl2N3O2. The van der Waals surface area contributed by atoms with E-state index < -0.39 is 0 Å². The van der Waals surface area contributed by atoms with Gasteiger partial charge in [0.15, 0.2) is 11.7 Å². The molecule has 0 atom stereocenters. The molecule has 0 aliphatic carbocycles. The molecule has 0 bridgehead atoms. The number of piperidine rings is 1. The minimum absolute atomic E-state index is 0. The van der Waals surface area contributed by atoms with E-state index in [0.717, 1.165) is 56.0 Å². The van der Waals surface area contributed by atoms with E-state index in [1.165, 1.54) is 6.42 Å². The molecule has 1 aromatic carbocycles. The number of hydrogen-bond donors (Lipinski definition) is 1. The van der Waals surface area contributed by atoms with Crippen LogP contribution in [0.25, 0.3) is 11.3 Å². The van der Waals surface area contributed by atoms with Crippen LogP contribution in [0, 0.1) is 12.3 Å². The van der Waals surface area contributed by atoms with Gasteiger partial charge in [0.1, 0.15) is 0 Å². The van der Waals surface area contributed by atoms with Crippen LogP contribution in [-0.2, 0) is 11.2 Å². The van der Waals surface area contributed by atoms with Crippen molar-refractivity contribution in [2.45, 2.75) is 39.0 Å². The van der Waals surface area contributed by atoms with Crippen LogP contribution in [0.1, 0.15) is 37.3 Å². The maximum absolute atomic E-state index is 12.6. The summed E-state index contributed by atoms with van der Waals surface area (Å²) >= 11 is 0. The summed E-state index contributed by atoms with van der Waals surface area (Å²) in [6.07, 6.45) is 4.55. The SMILES string of the molecule is Cc1nc(CCC(=O)N2CCC3(CCNC3)CC2)oc1-c1ccccc1.Cl.Cl. The van der Waals surface area contributed by atoms with Crippen molar-refractivity contribution in [2.75, 3.05) is 26.2 Å². The molecule has 1 spiro atoms. The second-order valence-corrected chi connectivity index (χ2v) is 7.70. The highest BCUT2D eigenvalue weighted by molar-refractivity contribution is 5.85. The van der Waals surface area contributed by atoms with Crippen molar-refractivity contribution in [1.82, 2.24) is 15.2 Å². The number of carbonyl (C=O) groups excluding carboxylic acids is 1. The van der Waals surface area contributed by atoms with Crippen LogP contribution in [0.2, 0.25) is 0 Å². The fourth-order valence-corrected chi connectivity index (χ4v) is 4.24. The molecule has 3 heterocycles. The van der Waals surface area contributed by atoms with Gasteiger partial charge in [-0.15, -0.1) is 24.8 Å². The summed E-state index contributed by atoms with van der Waals surface area (Å²) < 4.78 is 5.92. The Kier molecular flexibility index (Phi) is 7.93. The maximum atomic E-state index is 12.6. The van der Waals surface area contributed by atoms with Crippen molar-refractivity contribution >= 4 is 30.7 Å². The molecule has 154 valence electrons.